The van der Waals surface area contributed by atoms with Gasteiger partial charge in [0.15, 0.2) is 11.5 Å². The van der Waals surface area contributed by atoms with Crippen LogP contribution in [0.15, 0.2) is 27.8 Å². The van der Waals surface area contributed by atoms with Gasteiger partial charge in [-0.3, -0.25) is 14.4 Å². The lowest BCUT2D eigenvalue weighted by atomic mass is 9.92. The number of fused-ring (bicyclic) bond motifs is 1. The van der Waals surface area contributed by atoms with Gasteiger partial charge in [-0.25, -0.2) is 4.90 Å². The molecule has 0 N–H and O–H groups in total. The van der Waals surface area contributed by atoms with Crippen molar-refractivity contribution in [2.75, 3.05) is 4.90 Å². The molecule has 0 bridgehead atoms. The lowest BCUT2D eigenvalue weighted by molar-refractivity contribution is -0.120. The first-order chi connectivity index (χ1) is 11.8. The third kappa shape index (κ3) is 2.46. The molecule has 0 atom stereocenters. The van der Waals surface area contributed by atoms with Gasteiger partial charge in [0.2, 0.25) is 0 Å². The number of amides is 2. The maximum absolute atomic E-state index is 12.9. The van der Waals surface area contributed by atoms with Crippen molar-refractivity contribution in [3.05, 3.63) is 33.3 Å². The van der Waals surface area contributed by atoms with Crippen LogP contribution in [0.2, 0.25) is 0 Å². The standard InChI is InChI=1S/C19H18BrNO4/c1-19(2)9-14(22)15-12(20)7-8-13(16(15)25-19)21-17(23)10-5-3-4-6-11(10)18(21)24/h7-8H,3-6,9H2,1-2H3. The SMILES string of the molecule is CC1(C)CC(=O)c2c(Br)ccc(N3C(=O)C4=C(CCCC4)C3=O)c2O1. The Balaban J connectivity index is 1.86. The minimum atomic E-state index is -0.682. The molecule has 4 rings (SSSR count). The van der Waals surface area contributed by atoms with Crippen LogP contribution in [0.1, 0.15) is 56.3 Å². The van der Waals surface area contributed by atoms with Gasteiger partial charge in [-0.2, -0.15) is 0 Å². The second-order valence-corrected chi connectivity index (χ2v) is 8.20. The van der Waals surface area contributed by atoms with Gasteiger partial charge in [0.25, 0.3) is 11.8 Å². The van der Waals surface area contributed by atoms with Gasteiger partial charge in [-0.1, -0.05) is 0 Å². The number of carbonyl (C=O) groups is 3. The zero-order valence-corrected chi connectivity index (χ0v) is 15.7. The lowest BCUT2D eigenvalue weighted by Gasteiger charge is -2.34. The number of hydrogen-bond acceptors (Lipinski definition) is 4. The van der Waals surface area contributed by atoms with E-state index >= 15 is 0 Å². The van der Waals surface area contributed by atoms with E-state index in [0.29, 0.717) is 45.5 Å². The van der Waals surface area contributed by atoms with Crippen molar-refractivity contribution in [2.45, 2.75) is 51.6 Å². The molecule has 130 valence electrons. The molecule has 0 aromatic heterocycles. The van der Waals surface area contributed by atoms with Crippen LogP contribution >= 0.6 is 15.9 Å². The average Bonchev–Trinajstić information content (AvgIpc) is 2.79. The van der Waals surface area contributed by atoms with Gasteiger partial charge in [-0.05, 0) is 67.6 Å². The number of hydrogen-bond donors (Lipinski definition) is 0. The number of imide groups is 1. The van der Waals surface area contributed by atoms with Crippen LogP contribution in [0.25, 0.3) is 0 Å². The summed E-state index contributed by atoms with van der Waals surface area (Å²) in [7, 11) is 0. The van der Waals surface area contributed by atoms with Crippen molar-refractivity contribution in [3.63, 3.8) is 0 Å². The molecule has 0 saturated heterocycles. The second-order valence-electron chi connectivity index (χ2n) is 7.34. The molecule has 0 spiro atoms. The van der Waals surface area contributed by atoms with Crippen LogP contribution in [0.3, 0.4) is 0 Å². The predicted molar refractivity (Wildman–Crippen MR) is 95.8 cm³/mol. The molecule has 3 aliphatic rings. The number of carbonyl (C=O) groups excluding carboxylic acids is 3. The summed E-state index contributed by atoms with van der Waals surface area (Å²) in [6.07, 6.45) is 3.37. The van der Waals surface area contributed by atoms with Crippen LogP contribution in [-0.2, 0) is 9.59 Å². The highest BCUT2D eigenvalue weighted by atomic mass is 79.9. The fourth-order valence-corrected chi connectivity index (χ4v) is 4.37. The fourth-order valence-electron chi connectivity index (χ4n) is 3.83. The highest BCUT2D eigenvalue weighted by Crippen LogP contribution is 2.46. The Labute approximate surface area is 154 Å². The molecule has 0 unspecified atom stereocenters. The van der Waals surface area contributed by atoms with E-state index in [1.807, 2.05) is 13.8 Å². The van der Waals surface area contributed by atoms with E-state index in [2.05, 4.69) is 15.9 Å². The van der Waals surface area contributed by atoms with Gasteiger partial charge < -0.3 is 4.74 Å². The second kappa shape index (κ2) is 5.53. The lowest BCUT2D eigenvalue weighted by Crippen LogP contribution is -2.38. The number of nitrogens with zero attached hydrogens (tertiary/aromatic N) is 1. The Morgan fingerprint density at radius 2 is 1.64 bits per heavy atom. The number of anilines is 1. The number of benzene rings is 1. The molecule has 25 heavy (non-hydrogen) atoms. The summed E-state index contributed by atoms with van der Waals surface area (Å²) in [5, 5.41) is 0. The zero-order valence-electron chi connectivity index (χ0n) is 14.1. The highest BCUT2D eigenvalue weighted by molar-refractivity contribution is 9.10. The quantitative estimate of drug-likeness (QED) is 0.666. The van der Waals surface area contributed by atoms with Gasteiger partial charge in [0.1, 0.15) is 5.60 Å². The molecule has 0 saturated carbocycles. The first-order valence-corrected chi connectivity index (χ1v) is 9.25. The molecule has 5 nitrogen and oxygen atoms in total. The van der Waals surface area contributed by atoms with Crippen LogP contribution in [0, 0.1) is 0 Å². The molecular weight excluding hydrogens is 386 g/mol. The fraction of sp³-hybridized carbons (Fsp3) is 0.421. The summed E-state index contributed by atoms with van der Waals surface area (Å²) >= 11 is 3.39. The molecule has 0 fully saturated rings. The summed E-state index contributed by atoms with van der Waals surface area (Å²) in [5.74, 6) is -0.290. The number of Topliss-reactive ketones (excluding diaryl/α,β-unsaturated/α-hetero) is 1. The van der Waals surface area contributed by atoms with Crippen molar-refractivity contribution in [3.8, 4) is 5.75 Å². The average molecular weight is 404 g/mol. The molecule has 1 aromatic carbocycles. The van der Waals surface area contributed by atoms with Crippen LogP contribution in [0.4, 0.5) is 5.69 Å². The van der Waals surface area contributed by atoms with Crippen LogP contribution < -0.4 is 9.64 Å². The third-order valence-electron chi connectivity index (χ3n) is 4.96. The third-order valence-corrected chi connectivity index (χ3v) is 5.62. The van der Waals surface area contributed by atoms with Crippen LogP contribution in [0.5, 0.6) is 5.75 Å². The molecule has 2 heterocycles. The predicted octanol–water partition coefficient (Wildman–Crippen LogP) is 3.94. The van der Waals surface area contributed by atoms with Crippen LogP contribution in [-0.4, -0.2) is 23.2 Å². The summed E-state index contributed by atoms with van der Waals surface area (Å²) in [6.45, 7) is 3.66. The largest absolute Gasteiger partial charge is 0.484 e. The molecular formula is C19H18BrNO4. The zero-order chi connectivity index (χ0) is 17.9. The smallest absolute Gasteiger partial charge is 0.261 e. The maximum Gasteiger partial charge on any atom is 0.261 e. The minimum absolute atomic E-state index is 0.0585. The number of halogens is 1. The summed E-state index contributed by atoms with van der Waals surface area (Å²) in [5.41, 5.74) is 1.33. The Morgan fingerprint density at radius 1 is 1.04 bits per heavy atom. The van der Waals surface area contributed by atoms with Gasteiger partial charge in [0.05, 0.1) is 17.7 Å². The number of ether oxygens (including phenoxy) is 1. The van der Waals surface area contributed by atoms with E-state index in [9.17, 15) is 14.4 Å². The van der Waals surface area contributed by atoms with E-state index in [0.717, 1.165) is 12.8 Å². The van der Waals surface area contributed by atoms with E-state index in [4.69, 9.17) is 4.74 Å². The van der Waals surface area contributed by atoms with Gasteiger partial charge in [0, 0.05) is 15.6 Å². The Kier molecular flexibility index (Phi) is 3.65. The van der Waals surface area contributed by atoms with E-state index in [-0.39, 0.29) is 24.0 Å². The number of rotatable bonds is 1. The van der Waals surface area contributed by atoms with E-state index in [1.54, 1.807) is 12.1 Å². The minimum Gasteiger partial charge on any atom is -0.484 e. The highest BCUT2D eigenvalue weighted by Gasteiger charge is 2.43. The molecule has 2 amide bonds. The summed E-state index contributed by atoms with van der Waals surface area (Å²) in [6, 6.07) is 3.37. The summed E-state index contributed by atoms with van der Waals surface area (Å²) in [4.78, 5) is 39.5. The van der Waals surface area contributed by atoms with E-state index < -0.39 is 5.60 Å². The van der Waals surface area contributed by atoms with Gasteiger partial charge >= 0.3 is 0 Å². The summed E-state index contributed by atoms with van der Waals surface area (Å²) < 4.78 is 6.66. The van der Waals surface area contributed by atoms with E-state index in [1.165, 1.54) is 4.90 Å². The van der Waals surface area contributed by atoms with Crippen molar-refractivity contribution in [2.24, 2.45) is 0 Å². The molecule has 1 aliphatic carbocycles. The molecule has 2 aliphatic heterocycles. The Morgan fingerprint density at radius 3 is 2.24 bits per heavy atom. The van der Waals surface area contributed by atoms with Crippen molar-refractivity contribution in [1.29, 1.82) is 0 Å². The topological polar surface area (TPSA) is 63.7 Å². The van der Waals surface area contributed by atoms with Gasteiger partial charge in [-0.15, -0.1) is 0 Å². The van der Waals surface area contributed by atoms with Crippen molar-refractivity contribution < 1.29 is 19.1 Å². The first-order valence-electron chi connectivity index (χ1n) is 8.46. The Hall–Kier alpha value is -1.95. The van der Waals surface area contributed by atoms with Crippen molar-refractivity contribution >= 4 is 39.2 Å². The molecule has 0 radical (unpaired) electrons. The molecule has 1 aromatic rings. The number of ketones is 1. The Bertz CT molecular complexity index is 840. The normalized spacial score (nSPS) is 22.0. The molecule has 6 heteroatoms. The monoisotopic (exact) mass is 403 g/mol. The maximum atomic E-state index is 12.9. The first kappa shape index (κ1) is 16.5. The van der Waals surface area contributed by atoms with Crippen molar-refractivity contribution in [1.82, 2.24) is 0 Å².